The number of nitrogens with two attached hydrogens (primary N) is 1. The molecule has 3 aromatic carbocycles. The van der Waals surface area contributed by atoms with Crippen molar-refractivity contribution in [1.82, 2.24) is 0 Å². The zero-order valence-corrected chi connectivity index (χ0v) is 20.6. The lowest BCUT2D eigenvalue weighted by atomic mass is 10.1. The van der Waals surface area contributed by atoms with E-state index in [-0.39, 0.29) is 34.5 Å². The molecule has 210 valence electrons. The van der Waals surface area contributed by atoms with Gasteiger partial charge in [0.2, 0.25) is 0 Å². The SMILES string of the molecule is NC(=O)c1ccccc1O.O=C(Nc1cc(C(F)(F)F)cc(C(F)(F)F)c1)c1cc(Cl)ccc1OP(=O)(O)O. The van der Waals surface area contributed by atoms with Gasteiger partial charge < -0.3 is 20.7 Å². The molecule has 0 bridgehead atoms. The minimum Gasteiger partial charge on any atom is -0.507 e. The molecular formula is C22H16ClF6N2O7P. The molecule has 3 aromatic rings. The van der Waals surface area contributed by atoms with Crippen LogP contribution < -0.4 is 15.6 Å². The number of phosphoric ester groups is 1. The van der Waals surface area contributed by atoms with Gasteiger partial charge in [-0.05, 0) is 48.5 Å². The zero-order valence-electron chi connectivity index (χ0n) is 18.9. The number of anilines is 1. The number of carbonyl (C=O) groups excluding carboxylic acids is 2. The number of para-hydroxylation sites is 1. The number of hydrogen-bond donors (Lipinski definition) is 5. The van der Waals surface area contributed by atoms with Crippen molar-refractivity contribution in [1.29, 1.82) is 0 Å². The molecule has 6 N–H and O–H groups in total. The number of halogens is 7. The molecule has 0 aliphatic rings. The number of primary amides is 1. The van der Waals surface area contributed by atoms with Crippen LogP contribution in [0.5, 0.6) is 11.5 Å². The topological polar surface area (TPSA) is 159 Å². The maximum Gasteiger partial charge on any atom is 0.524 e. The minimum atomic E-state index is -5.13. The van der Waals surface area contributed by atoms with Crippen molar-refractivity contribution >= 4 is 36.9 Å². The number of phenols is 1. The quantitative estimate of drug-likeness (QED) is 0.188. The Morgan fingerprint density at radius 1 is 0.872 bits per heavy atom. The van der Waals surface area contributed by atoms with Gasteiger partial charge in [-0.1, -0.05) is 23.7 Å². The fourth-order valence-corrected chi connectivity index (χ4v) is 3.38. The van der Waals surface area contributed by atoms with Gasteiger partial charge in [0, 0.05) is 10.7 Å². The Morgan fingerprint density at radius 2 is 1.41 bits per heavy atom. The molecule has 17 heteroatoms. The van der Waals surface area contributed by atoms with Crippen LogP contribution in [0.4, 0.5) is 32.0 Å². The lowest BCUT2D eigenvalue weighted by Gasteiger charge is -2.16. The van der Waals surface area contributed by atoms with Crippen LogP contribution in [0, 0.1) is 0 Å². The fourth-order valence-electron chi connectivity index (χ4n) is 2.79. The predicted molar refractivity (Wildman–Crippen MR) is 125 cm³/mol. The number of phosphoric acid groups is 1. The van der Waals surface area contributed by atoms with Crippen LogP contribution >= 0.6 is 19.4 Å². The van der Waals surface area contributed by atoms with Gasteiger partial charge in [-0.3, -0.25) is 19.4 Å². The smallest absolute Gasteiger partial charge is 0.507 e. The second-order valence-corrected chi connectivity index (χ2v) is 8.95. The maximum atomic E-state index is 12.9. The number of benzene rings is 3. The molecule has 0 atom stereocenters. The summed E-state index contributed by atoms with van der Waals surface area (Å²) in [5.41, 5.74) is 0.244. The highest BCUT2D eigenvalue weighted by atomic mass is 35.5. The third-order valence-electron chi connectivity index (χ3n) is 4.42. The lowest BCUT2D eigenvalue weighted by molar-refractivity contribution is -0.143. The second-order valence-electron chi connectivity index (χ2n) is 7.35. The Balaban J connectivity index is 0.000000446. The average molecular weight is 601 g/mol. The number of hydrogen-bond acceptors (Lipinski definition) is 5. The Kier molecular flexibility index (Phi) is 9.63. The Morgan fingerprint density at radius 3 is 1.85 bits per heavy atom. The summed E-state index contributed by atoms with van der Waals surface area (Å²) in [5.74, 6) is -2.69. The number of carbonyl (C=O) groups is 2. The van der Waals surface area contributed by atoms with E-state index in [1.165, 1.54) is 12.1 Å². The summed E-state index contributed by atoms with van der Waals surface area (Å²) in [5, 5.41) is 10.7. The van der Waals surface area contributed by atoms with Crippen molar-refractivity contribution in [3.05, 3.63) is 87.9 Å². The van der Waals surface area contributed by atoms with Crippen molar-refractivity contribution in [2.45, 2.75) is 12.4 Å². The molecule has 0 radical (unpaired) electrons. The number of amides is 2. The third kappa shape index (κ3) is 9.48. The normalized spacial score (nSPS) is 11.7. The summed E-state index contributed by atoms with van der Waals surface area (Å²) >= 11 is 5.68. The van der Waals surface area contributed by atoms with E-state index in [2.05, 4.69) is 4.52 Å². The monoisotopic (exact) mass is 600 g/mol. The van der Waals surface area contributed by atoms with Gasteiger partial charge in [0.1, 0.15) is 11.5 Å². The number of aromatic hydroxyl groups is 1. The first-order chi connectivity index (χ1) is 17.8. The van der Waals surface area contributed by atoms with Crippen LogP contribution in [0.1, 0.15) is 31.8 Å². The van der Waals surface area contributed by atoms with Crippen molar-refractivity contribution in [3.8, 4) is 11.5 Å². The molecule has 0 saturated heterocycles. The Labute approximate surface area is 220 Å². The molecule has 3 rings (SSSR count). The molecule has 0 fully saturated rings. The van der Waals surface area contributed by atoms with Crippen molar-refractivity contribution in [3.63, 3.8) is 0 Å². The maximum absolute atomic E-state index is 12.9. The number of nitrogens with one attached hydrogen (secondary N) is 1. The Bertz CT molecular complexity index is 1390. The summed E-state index contributed by atoms with van der Waals surface area (Å²) in [6, 6.07) is 9.40. The fraction of sp³-hybridized carbons (Fsp3) is 0.0909. The van der Waals surface area contributed by atoms with Crippen molar-refractivity contribution < 1.29 is 59.9 Å². The number of alkyl halides is 6. The predicted octanol–water partition coefficient (Wildman–Crippen LogP) is 5.59. The van der Waals surface area contributed by atoms with Crippen molar-refractivity contribution in [2.75, 3.05) is 5.32 Å². The van der Waals surface area contributed by atoms with E-state index in [0.717, 1.165) is 18.2 Å². The summed E-state index contributed by atoms with van der Waals surface area (Å²) in [6.07, 6.45) is -10.3. The zero-order chi connectivity index (χ0) is 29.8. The summed E-state index contributed by atoms with van der Waals surface area (Å²) in [7, 11) is -5.13. The third-order valence-corrected chi connectivity index (χ3v) is 5.09. The summed E-state index contributed by atoms with van der Waals surface area (Å²) in [6.45, 7) is 0. The van der Waals surface area contributed by atoms with Crippen LogP contribution in [0.3, 0.4) is 0 Å². The summed E-state index contributed by atoms with van der Waals surface area (Å²) < 4.78 is 92.6. The van der Waals surface area contributed by atoms with Gasteiger partial charge in [0.25, 0.3) is 11.8 Å². The van der Waals surface area contributed by atoms with Gasteiger partial charge in [0.15, 0.2) is 0 Å². The van der Waals surface area contributed by atoms with E-state index >= 15 is 0 Å². The molecule has 0 aliphatic carbocycles. The highest BCUT2D eigenvalue weighted by molar-refractivity contribution is 7.46. The molecule has 9 nitrogen and oxygen atoms in total. The largest absolute Gasteiger partial charge is 0.524 e. The van der Waals surface area contributed by atoms with Gasteiger partial charge in [-0.2, -0.15) is 26.3 Å². The van der Waals surface area contributed by atoms with Gasteiger partial charge in [-0.15, -0.1) is 0 Å². The van der Waals surface area contributed by atoms with Crippen LogP contribution in [-0.4, -0.2) is 26.7 Å². The number of rotatable bonds is 5. The highest BCUT2D eigenvalue weighted by Crippen LogP contribution is 2.41. The second kappa shape index (κ2) is 11.9. The molecule has 0 spiro atoms. The van der Waals surface area contributed by atoms with E-state index in [4.69, 9.17) is 32.2 Å². The molecule has 0 aliphatic heterocycles. The molecule has 39 heavy (non-hydrogen) atoms. The van der Waals surface area contributed by atoms with E-state index in [9.17, 15) is 40.5 Å². The first kappa shape index (κ1) is 31.4. The molecule has 0 unspecified atom stereocenters. The standard InChI is InChI=1S/C15H9ClF6NO5P.C7H7NO2/c16-9-1-2-12(28-29(25,26)27)11(6-9)13(24)23-10-4-7(14(17,18)19)3-8(5-10)15(20,21)22;8-7(10)5-3-1-2-4-6(5)9/h1-6H,(H,23,24)(H2,25,26,27);1-4,9H,(H2,8,10). The molecular weight excluding hydrogens is 585 g/mol. The molecule has 0 aromatic heterocycles. The van der Waals surface area contributed by atoms with E-state index in [0.29, 0.717) is 0 Å². The average Bonchev–Trinajstić information content (AvgIpc) is 2.78. The molecule has 2 amide bonds. The van der Waals surface area contributed by atoms with Gasteiger partial charge in [-0.25, -0.2) is 4.57 Å². The van der Waals surface area contributed by atoms with Crippen LogP contribution in [0.2, 0.25) is 5.02 Å². The first-order valence-corrected chi connectivity index (χ1v) is 11.9. The lowest BCUT2D eigenvalue weighted by Crippen LogP contribution is -2.16. The van der Waals surface area contributed by atoms with Crippen LogP contribution in [0.15, 0.2) is 60.7 Å². The molecule has 0 heterocycles. The molecule has 0 saturated carbocycles. The van der Waals surface area contributed by atoms with Gasteiger partial charge in [0.05, 0.1) is 22.3 Å². The highest BCUT2D eigenvalue weighted by Gasteiger charge is 2.37. The summed E-state index contributed by atoms with van der Waals surface area (Å²) in [4.78, 5) is 40.5. The van der Waals surface area contributed by atoms with Crippen molar-refractivity contribution in [2.24, 2.45) is 5.73 Å². The van der Waals surface area contributed by atoms with E-state index < -0.39 is 60.1 Å². The Hall–Kier alpha value is -3.78. The minimum absolute atomic E-state index is 0.0741. The van der Waals surface area contributed by atoms with Gasteiger partial charge >= 0.3 is 20.2 Å². The van der Waals surface area contributed by atoms with Crippen LogP contribution in [0.25, 0.3) is 0 Å². The van der Waals surface area contributed by atoms with E-state index in [1.807, 2.05) is 0 Å². The first-order valence-electron chi connectivity index (χ1n) is 10.0. The van der Waals surface area contributed by atoms with E-state index in [1.54, 1.807) is 17.4 Å². The van der Waals surface area contributed by atoms with Crippen LogP contribution in [-0.2, 0) is 16.9 Å².